The standard InChI is InChI=1S/C17H16ClN3O2/c1-20-14-8-4-5-9-15(14)21(17(20)23)11-10-16(22)19-13-7-3-2-6-12(13)18/h2-9H,10-11H2,1H3,(H,19,22). The highest BCUT2D eigenvalue weighted by molar-refractivity contribution is 6.33. The lowest BCUT2D eigenvalue weighted by molar-refractivity contribution is -0.116. The maximum atomic E-state index is 12.3. The van der Waals surface area contributed by atoms with E-state index in [0.29, 0.717) is 17.3 Å². The Bertz CT molecular complexity index is 927. The summed E-state index contributed by atoms with van der Waals surface area (Å²) >= 11 is 6.02. The maximum absolute atomic E-state index is 12.3. The van der Waals surface area contributed by atoms with Gasteiger partial charge in [0.1, 0.15) is 0 Å². The third-order valence-electron chi connectivity index (χ3n) is 3.76. The molecule has 0 unspecified atom stereocenters. The number of carbonyl (C=O) groups is 1. The van der Waals surface area contributed by atoms with Gasteiger partial charge in [-0.3, -0.25) is 13.9 Å². The molecule has 0 aliphatic carbocycles. The van der Waals surface area contributed by atoms with Crippen molar-refractivity contribution in [2.45, 2.75) is 13.0 Å². The van der Waals surface area contributed by atoms with Crippen LogP contribution in [0.15, 0.2) is 53.3 Å². The van der Waals surface area contributed by atoms with Gasteiger partial charge in [-0.05, 0) is 24.3 Å². The zero-order valence-corrected chi connectivity index (χ0v) is 13.4. The summed E-state index contributed by atoms with van der Waals surface area (Å²) in [6, 6.07) is 14.6. The number of aryl methyl sites for hydroxylation is 2. The molecule has 23 heavy (non-hydrogen) atoms. The number of amides is 1. The number of benzene rings is 2. The number of hydrogen-bond donors (Lipinski definition) is 1. The van der Waals surface area contributed by atoms with E-state index in [1.165, 1.54) is 0 Å². The molecule has 0 saturated heterocycles. The van der Waals surface area contributed by atoms with Crippen LogP contribution >= 0.6 is 11.6 Å². The van der Waals surface area contributed by atoms with Crippen molar-refractivity contribution in [3.05, 3.63) is 64.0 Å². The minimum Gasteiger partial charge on any atom is -0.325 e. The predicted molar refractivity (Wildman–Crippen MR) is 91.9 cm³/mol. The number of fused-ring (bicyclic) bond motifs is 1. The Balaban J connectivity index is 1.76. The normalized spacial score (nSPS) is 10.9. The average molecular weight is 330 g/mol. The Labute approximate surface area is 138 Å². The number of anilines is 1. The summed E-state index contributed by atoms with van der Waals surface area (Å²) in [5.74, 6) is -0.182. The van der Waals surface area contributed by atoms with Gasteiger partial charge in [0.25, 0.3) is 0 Å². The molecule has 0 fully saturated rings. The molecule has 0 saturated carbocycles. The van der Waals surface area contributed by atoms with Crippen LogP contribution in [0.25, 0.3) is 11.0 Å². The van der Waals surface area contributed by atoms with Gasteiger partial charge in [0.05, 0.1) is 21.7 Å². The Morgan fingerprint density at radius 1 is 1.09 bits per heavy atom. The molecule has 0 aliphatic heterocycles. The summed E-state index contributed by atoms with van der Waals surface area (Å²) in [4.78, 5) is 24.4. The minimum atomic E-state index is -0.182. The molecule has 3 rings (SSSR count). The number of halogens is 1. The fourth-order valence-electron chi connectivity index (χ4n) is 2.57. The molecule has 0 spiro atoms. The van der Waals surface area contributed by atoms with Crippen LogP contribution in [0.5, 0.6) is 0 Å². The van der Waals surface area contributed by atoms with Crippen LogP contribution in [0.2, 0.25) is 5.02 Å². The Morgan fingerprint density at radius 2 is 1.74 bits per heavy atom. The summed E-state index contributed by atoms with van der Waals surface area (Å²) in [5.41, 5.74) is 2.12. The fraction of sp³-hybridized carbons (Fsp3) is 0.176. The van der Waals surface area contributed by atoms with E-state index in [0.717, 1.165) is 11.0 Å². The van der Waals surface area contributed by atoms with Gasteiger partial charge in [0.2, 0.25) is 5.91 Å². The Kier molecular flexibility index (Phi) is 4.21. The first-order valence-corrected chi connectivity index (χ1v) is 7.64. The molecule has 3 aromatic rings. The van der Waals surface area contributed by atoms with Crippen LogP contribution in [-0.2, 0) is 18.4 Å². The van der Waals surface area contributed by atoms with Crippen LogP contribution in [0, 0.1) is 0 Å². The quantitative estimate of drug-likeness (QED) is 0.800. The first-order valence-electron chi connectivity index (χ1n) is 7.26. The maximum Gasteiger partial charge on any atom is 0.328 e. The van der Waals surface area contributed by atoms with Crippen molar-refractivity contribution in [1.82, 2.24) is 9.13 Å². The predicted octanol–water partition coefficient (Wildman–Crippen LogP) is 3.02. The third kappa shape index (κ3) is 3.00. The molecule has 0 atom stereocenters. The number of nitrogens with zero attached hydrogens (tertiary/aromatic N) is 2. The molecule has 1 amide bonds. The summed E-state index contributed by atoms with van der Waals surface area (Å²) in [5, 5.41) is 3.25. The SMILES string of the molecule is Cn1c(=O)n(CCC(=O)Nc2ccccc2Cl)c2ccccc21. The van der Waals surface area contributed by atoms with Gasteiger partial charge < -0.3 is 5.32 Å². The monoisotopic (exact) mass is 329 g/mol. The van der Waals surface area contributed by atoms with Crippen molar-refractivity contribution in [2.75, 3.05) is 5.32 Å². The minimum absolute atomic E-state index is 0.128. The highest BCUT2D eigenvalue weighted by Gasteiger charge is 2.12. The fourth-order valence-corrected chi connectivity index (χ4v) is 2.75. The molecule has 0 aliphatic rings. The van der Waals surface area contributed by atoms with Crippen molar-refractivity contribution in [3.8, 4) is 0 Å². The van der Waals surface area contributed by atoms with Gasteiger partial charge in [-0.15, -0.1) is 0 Å². The molecule has 1 aromatic heterocycles. The largest absolute Gasteiger partial charge is 0.328 e. The lowest BCUT2D eigenvalue weighted by Gasteiger charge is -2.07. The van der Waals surface area contributed by atoms with Gasteiger partial charge >= 0.3 is 5.69 Å². The number of hydrogen-bond acceptors (Lipinski definition) is 2. The summed E-state index contributed by atoms with van der Waals surface area (Å²) in [7, 11) is 1.73. The first kappa shape index (κ1) is 15.4. The highest BCUT2D eigenvalue weighted by atomic mass is 35.5. The number of aromatic nitrogens is 2. The molecule has 0 radical (unpaired) electrons. The molecule has 6 heteroatoms. The van der Waals surface area contributed by atoms with E-state index >= 15 is 0 Å². The molecule has 1 heterocycles. The zero-order valence-electron chi connectivity index (χ0n) is 12.6. The smallest absolute Gasteiger partial charge is 0.325 e. The van der Waals surface area contributed by atoms with E-state index in [1.807, 2.05) is 24.3 Å². The van der Waals surface area contributed by atoms with E-state index in [1.54, 1.807) is 40.4 Å². The van der Waals surface area contributed by atoms with Gasteiger partial charge in [0, 0.05) is 20.0 Å². The zero-order chi connectivity index (χ0) is 16.4. The lowest BCUT2D eigenvalue weighted by atomic mass is 10.3. The topological polar surface area (TPSA) is 56.0 Å². The van der Waals surface area contributed by atoms with E-state index in [9.17, 15) is 9.59 Å². The summed E-state index contributed by atoms with van der Waals surface area (Å²) in [6.45, 7) is 0.316. The van der Waals surface area contributed by atoms with Gasteiger partial charge in [0.15, 0.2) is 0 Å². The number of para-hydroxylation sites is 3. The van der Waals surface area contributed by atoms with E-state index in [2.05, 4.69) is 5.32 Å². The summed E-state index contributed by atoms with van der Waals surface area (Å²) < 4.78 is 3.20. The third-order valence-corrected chi connectivity index (χ3v) is 4.09. The van der Waals surface area contributed by atoms with Gasteiger partial charge in [-0.2, -0.15) is 0 Å². The number of nitrogens with one attached hydrogen (secondary N) is 1. The van der Waals surface area contributed by atoms with Gasteiger partial charge in [-0.25, -0.2) is 4.79 Å². The molecule has 0 bridgehead atoms. The molecule has 118 valence electrons. The van der Waals surface area contributed by atoms with Crippen molar-refractivity contribution in [2.24, 2.45) is 7.05 Å². The van der Waals surface area contributed by atoms with Crippen molar-refractivity contribution >= 4 is 34.2 Å². The van der Waals surface area contributed by atoms with Gasteiger partial charge in [-0.1, -0.05) is 35.9 Å². The van der Waals surface area contributed by atoms with E-state index in [4.69, 9.17) is 11.6 Å². The van der Waals surface area contributed by atoms with Crippen LogP contribution in [-0.4, -0.2) is 15.0 Å². The van der Waals surface area contributed by atoms with E-state index in [-0.39, 0.29) is 18.0 Å². The van der Waals surface area contributed by atoms with Crippen LogP contribution < -0.4 is 11.0 Å². The molecular formula is C17H16ClN3O2. The van der Waals surface area contributed by atoms with Crippen LogP contribution in [0.3, 0.4) is 0 Å². The molecule has 1 N–H and O–H groups in total. The molecular weight excluding hydrogens is 314 g/mol. The number of rotatable bonds is 4. The second-order valence-corrected chi connectivity index (χ2v) is 5.67. The Hall–Kier alpha value is -2.53. The second kappa shape index (κ2) is 6.30. The summed E-state index contributed by atoms with van der Waals surface area (Å²) in [6.07, 6.45) is 0.194. The lowest BCUT2D eigenvalue weighted by Crippen LogP contribution is -2.24. The van der Waals surface area contributed by atoms with E-state index < -0.39 is 0 Å². The second-order valence-electron chi connectivity index (χ2n) is 5.26. The molecule has 5 nitrogen and oxygen atoms in total. The van der Waals surface area contributed by atoms with Crippen LogP contribution in [0.1, 0.15) is 6.42 Å². The van der Waals surface area contributed by atoms with Crippen molar-refractivity contribution in [1.29, 1.82) is 0 Å². The Morgan fingerprint density at radius 3 is 2.48 bits per heavy atom. The van der Waals surface area contributed by atoms with Crippen molar-refractivity contribution < 1.29 is 4.79 Å². The van der Waals surface area contributed by atoms with Crippen molar-refractivity contribution in [3.63, 3.8) is 0 Å². The van der Waals surface area contributed by atoms with Crippen LogP contribution in [0.4, 0.5) is 5.69 Å². The number of imidazole rings is 1. The average Bonchev–Trinajstić information content (AvgIpc) is 2.80. The highest BCUT2D eigenvalue weighted by Crippen LogP contribution is 2.20. The number of carbonyl (C=O) groups excluding carboxylic acids is 1. The molecule has 2 aromatic carbocycles. The first-order chi connectivity index (χ1) is 11.1.